The highest BCUT2D eigenvalue weighted by Gasteiger charge is 2.43. The molecule has 0 atom stereocenters. The van der Waals surface area contributed by atoms with Crippen LogP contribution in [0.5, 0.6) is 5.75 Å². The largest absolute Gasteiger partial charge is 0.505 e. The molecule has 0 spiro atoms. The van der Waals surface area contributed by atoms with Crippen LogP contribution in [0.25, 0.3) is 0 Å². The minimum Gasteiger partial charge on any atom is -0.505 e. The summed E-state index contributed by atoms with van der Waals surface area (Å²) in [4.78, 5) is 11.8. The molecule has 4 nitrogen and oxygen atoms in total. The standard InChI is InChI=1S/C11H11BrFNO3/c12-7-4-9(16)8(13)3-6(7)10(17)14-11(5-15)1-2-11/h3-4,15-16H,1-2,5H2,(H,14,17). The Hall–Kier alpha value is -1.14. The van der Waals surface area contributed by atoms with Crippen molar-refractivity contribution in [2.75, 3.05) is 6.61 Å². The third-order valence-corrected chi connectivity index (χ3v) is 3.47. The summed E-state index contributed by atoms with van der Waals surface area (Å²) >= 11 is 3.08. The maximum Gasteiger partial charge on any atom is 0.253 e. The molecule has 6 heteroatoms. The lowest BCUT2D eigenvalue weighted by Gasteiger charge is -2.15. The van der Waals surface area contributed by atoms with E-state index in [0.717, 1.165) is 12.1 Å². The Bertz CT molecular complexity index is 474. The van der Waals surface area contributed by atoms with Crippen molar-refractivity contribution in [3.8, 4) is 5.75 Å². The summed E-state index contributed by atoms with van der Waals surface area (Å²) < 4.78 is 13.5. The van der Waals surface area contributed by atoms with E-state index in [4.69, 9.17) is 10.2 Å². The Kier molecular flexibility index (Phi) is 3.09. The molecule has 1 amide bonds. The normalized spacial score (nSPS) is 16.6. The van der Waals surface area contributed by atoms with Gasteiger partial charge in [0.15, 0.2) is 11.6 Å². The van der Waals surface area contributed by atoms with Crippen molar-refractivity contribution < 1.29 is 19.4 Å². The molecule has 1 aromatic carbocycles. The minimum atomic E-state index is -0.854. The van der Waals surface area contributed by atoms with Crippen molar-refractivity contribution >= 4 is 21.8 Å². The van der Waals surface area contributed by atoms with Crippen LogP contribution in [-0.4, -0.2) is 28.3 Å². The van der Waals surface area contributed by atoms with Gasteiger partial charge in [0.25, 0.3) is 5.91 Å². The van der Waals surface area contributed by atoms with Crippen LogP contribution >= 0.6 is 15.9 Å². The number of nitrogens with one attached hydrogen (secondary N) is 1. The number of benzene rings is 1. The summed E-state index contributed by atoms with van der Waals surface area (Å²) in [5.74, 6) is -1.84. The van der Waals surface area contributed by atoms with E-state index in [1.54, 1.807) is 0 Å². The maximum atomic E-state index is 13.1. The van der Waals surface area contributed by atoms with Gasteiger partial charge < -0.3 is 15.5 Å². The summed E-state index contributed by atoms with van der Waals surface area (Å²) in [5, 5.41) is 20.9. The zero-order valence-electron chi connectivity index (χ0n) is 8.83. The topological polar surface area (TPSA) is 69.6 Å². The predicted octanol–water partition coefficient (Wildman–Crippen LogP) is 1.55. The first-order valence-electron chi connectivity index (χ1n) is 5.09. The molecule has 1 fully saturated rings. The van der Waals surface area contributed by atoms with Crippen molar-refractivity contribution in [3.63, 3.8) is 0 Å². The molecular weight excluding hydrogens is 293 g/mol. The second-order valence-corrected chi connectivity index (χ2v) is 5.03. The molecule has 0 aliphatic heterocycles. The first-order valence-corrected chi connectivity index (χ1v) is 5.88. The fourth-order valence-electron chi connectivity index (χ4n) is 1.49. The molecule has 0 heterocycles. The highest BCUT2D eigenvalue weighted by Crippen LogP contribution is 2.35. The second kappa shape index (κ2) is 4.27. The number of carbonyl (C=O) groups excluding carboxylic acids is 1. The van der Waals surface area contributed by atoms with Crippen molar-refractivity contribution in [1.82, 2.24) is 5.32 Å². The summed E-state index contributed by atoms with van der Waals surface area (Å²) in [6.07, 6.45) is 1.43. The summed E-state index contributed by atoms with van der Waals surface area (Å²) in [6, 6.07) is 2.09. The number of rotatable bonds is 3. The lowest BCUT2D eigenvalue weighted by atomic mass is 10.1. The highest BCUT2D eigenvalue weighted by molar-refractivity contribution is 9.10. The van der Waals surface area contributed by atoms with Gasteiger partial charge in [-0.05, 0) is 40.9 Å². The van der Waals surface area contributed by atoms with E-state index in [0.29, 0.717) is 17.3 Å². The molecule has 1 saturated carbocycles. The number of hydrogen-bond acceptors (Lipinski definition) is 3. The number of carbonyl (C=O) groups is 1. The van der Waals surface area contributed by atoms with E-state index < -0.39 is 23.0 Å². The lowest BCUT2D eigenvalue weighted by Crippen LogP contribution is -2.39. The zero-order chi connectivity index (χ0) is 12.6. The molecule has 1 aliphatic rings. The number of halogens is 2. The molecule has 17 heavy (non-hydrogen) atoms. The second-order valence-electron chi connectivity index (χ2n) is 4.18. The number of aliphatic hydroxyl groups is 1. The molecule has 1 aliphatic carbocycles. The average Bonchev–Trinajstić information content (AvgIpc) is 3.04. The lowest BCUT2D eigenvalue weighted by molar-refractivity contribution is 0.0905. The van der Waals surface area contributed by atoms with Crippen molar-refractivity contribution in [3.05, 3.63) is 28.0 Å². The van der Waals surface area contributed by atoms with Gasteiger partial charge in [-0.2, -0.15) is 0 Å². The molecule has 2 rings (SSSR count). The van der Waals surface area contributed by atoms with E-state index in [1.165, 1.54) is 0 Å². The van der Waals surface area contributed by atoms with E-state index in [-0.39, 0.29) is 12.2 Å². The van der Waals surface area contributed by atoms with Gasteiger partial charge in [-0.3, -0.25) is 4.79 Å². The number of hydrogen-bond donors (Lipinski definition) is 3. The summed E-state index contributed by atoms with van der Waals surface area (Å²) in [5.41, 5.74) is -0.453. The monoisotopic (exact) mass is 303 g/mol. The quantitative estimate of drug-likeness (QED) is 0.793. The van der Waals surface area contributed by atoms with E-state index in [2.05, 4.69) is 21.2 Å². The zero-order valence-corrected chi connectivity index (χ0v) is 10.4. The van der Waals surface area contributed by atoms with Crippen molar-refractivity contribution in [2.45, 2.75) is 18.4 Å². The number of aliphatic hydroxyl groups excluding tert-OH is 1. The van der Waals surface area contributed by atoms with Crippen LogP contribution in [0.4, 0.5) is 4.39 Å². The molecule has 0 unspecified atom stereocenters. The Labute approximate surface area is 106 Å². The Morgan fingerprint density at radius 2 is 2.18 bits per heavy atom. The molecule has 92 valence electrons. The SMILES string of the molecule is O=C(NC1(CO)CC1)c1cc(F)c(O)cc1Br. The van der Waals surface area contributed by atoms with Crippen molar-refractivity contribution in [2.24, 2.45) is 0 Å². The molecule has 3 N–H and O–H groups in total. The van der Waals surface area contributed by atoms with Gasteiger partial charge in [-0.1, -0.05) is 0 Å². The van der Waals surface area contributed by atoms with Crippen LogP contribution in [0.15, 0.2) is 16.6 Å². The molecule has 0 bridgehead atoms. The van der Waals surface area contributed by atoms with Gasteiger partial charge >= 0.3 is 0 Å². The third-order valence-electron chi connectivity index (χ3n) is 2.82. The number of amides is 1. The number of phenols is 1. The summed E-state index contributed by atoms with van der Waals surface area (Å²) in [6.45, 7) is -0.128. The number of aromatic hydroxyl groups is 1. The predicted molar refractivity (Wildman–Crippen MR) is 62.3 cm³/mol. The molecule has 0 aromatic heterocycles. The van der Waals surface area contributed by atoms with Gasteiger partial charge in [0.2, 0.25) is 0 Å². The van der Waals surface area contributed by atoms with Gasteiger partial charge in [0.05, 0.1) is 17.7 Å². The highest BCUT2D eigenvalue weighted by atomic mass is 79.9. The average molecular weight is 304 g/mol. The van der Waals surface area contributed by atoms with Gasteiger partial charge in [-0.15, -0.1) is 0 Å². The van der Waals surface area contributed by atoms with Gasteiger partial charge in [0, 0.05) is 4.47 Å². The fourth-order valence-corrected chi connectivity index (χ4v) is 2.00. The fraction of sp³-hybridized carbons (Fsp3) is 0.364. The maximum absolute atomic E-state index is 13.1. The molecular formula is C11H11BrFNO3. The molecule has 1 aromatic rings. The molecule has 0 radical (unpaired) electrons. The van der Waals surface area contributed by atoms with Crippen molar-refractivity contribution in [1.29, 1.82) is 0 Å². The smallest absolute Gasteiger partial charge is 0.253 e. The van der Waals surface area contributed by atoms with Crippen LogP contribution in [0.1, 0.15) is 23.2 Å². The van der Waals surface area contributed by atoms with Crippen LogP contribution in [0.2, 0.25) is 0 Å². The summed E-state index contributed by atoms with van der Waals surface area (Å²) in [7, 11) is 0. The Balaban J connectivity index is 2.22. The number of phenolic OH excluding ortho intramolecular Hbond substituents is 1. The first-order chi connectivity index (χ1) is 7.97. The van der Waals surface area contributed by atoms with E-state index in [9.17, 15) is 9.18 Å². The van der Waals surface area contributed by atoms with Gasteiger partial charge in [0.1, 0.15) is 0 Å². The van der Waals surface area contributed by atoms with E-state index >= 15 is 0 Å². The Morgan fingerprint density at radius 3 is 2.71 bits per heavy atom. The van der Waals surface area contributed by atoms with Gasteiger partial charge in [-0.25, -0.2) is 4.39 Å². The van der Waals surface area contributed by atoms with Crippen LogP contribution in [0, 0.1) is 5.82 Å². The Morgan fingerprint density at radius 1 is 1.53 bits per heavy atom. The first kappa shape index (κ1) is 12.3. The van der Waals surface area contributed by atoms with Crippen LogP contribution in [-0.2, 0) is 0 Å². The van der Waals surface area contributed by atoms with E-state index in [1.807, 2.05) is 0 Å². The van der Waals surface area contributed by atoms with Crippen LogP contribution < -0.4 is 5.32 Å². The third kappa shape index (κ3) is 2.42. The molecule has 0 saturated heterocycles. The minimum absolute atomic E-state index is 0.0972. The van der Waals surface area contributed by atoms with Crippen LogP contribution in [0.3, 0.4) is 0 Å².